The van der Waals surface area contributed by atoms with Crippen LogP contribution in [0.3, 0.4) is 0 Å². The molecule has 37 heavy (non-hydrogen) atoms. The standard InChI is InChI=1S/C13H11NO2.C11H9ClFN5OS2/c1-16-13-5-3-2-4-11(13)12-8-14-7-6-10(12)9-15;1-14-10-16-17-11(20-10)19-5-6-2-3-8(12)9-7(6)4-15-18(9)21-13/h2-9H,1H3;2-4H,5H2,1H3,(H,14,16). The quantitative estimate of drug-likeness (QED) is 0.226. The van der Waals surface area contributed by atoms with Crippen LogP contribution in [-0.4, -0.2) is 44.8 Å². The highest BCUT2D eigenvalue weighted by atomic mass is 35.5. The molecular formula is C24H20ClFN6O3S2. The lowest BCUT2D eigenvalue weighted by molar-refractivity contribution is 0.112. The Kier molecular flexibility index (Phi) is 8.88. The maximum absolute atomic E-state index is 12.8. The van der Waals surface area contributed by atoms with Crippen molar-refractivity contribution in [3.63, 3.8) is 0 Å². The summed E-state index contributed by atoms with van der Waals surface area (Å²) < 4.78 is 24.8. The van der Waals surface area contributed by atoms with Gasteiger partial charge in [-0.3, -0.25) is 9.78 Å². The van der Waals surface area contributed by atoms with Crippen LogP contribution in [0.1, 0.15) is 15.9 Å². The number of nitrogens with one attached hydrogen (secondary N) is 1. The Bertz CT molecular complexity index is 1510. The van der Waals surface area contributed by atoms with Gasteiger partial charge < -0.3 is 14.8 Å². The molecule has 0 unspecified atom stereocenters. The minimum absolute atomic E-state index is 0.000344. The number of benzene rings is 2. The third kappa shape index (κ3) is 5.98. The van der Waals surface area contributed by atoms with Gasteiger partial charge in [0.25, 0.3) is 5.19 Å². The average Bonchev–Trinajstić information content (AvgIpc) is 3.61. The van der Waals surface area contributed by atoms with Gasteiger partial charge in [-0.05, 0) is 29.5 Å². The van der Waals surface area contributed by atoms with Crippen molar-refractivity contribution < 1.29 is 18.2 Å². The van der Waals surface area contributed by atoms with Gasteiger partial charge in [-0.15, -0.1) is 8.98 Å². The summed E-state index contributed by atoms with van der Waals surface area (Å²) >= 11 is 7.39. The molecule has 2 aromatic carbocycles. The average molecular weight is 559 g/mol. The molecule has 0 atom stereocenters. The Labute approximate surface area is 225 Å². The number of rotatable bonds is 8. The molecule has 0 aliphatic carbocycles. The first-order valence-corrected chi connectivity index (χ1v) is 12.6. The van der Waals surface area contributed by atoms with Gasteiger partial charge in [0.1, 0.15) is 17.9 Å². The number of nitrogens with zero attached hydrogens (tertiary/aromatic N) is 5. The third-order valence-corrected chi connectivity index (χ3v) is 6.72. The lowest BCUT2D eigenvalue weighted by Crippen LogP contribution is -1.96. The van der Waals surface area contributed by atoms with Gasteiger partial charge >= 0.3 is 0 Å². The SMILES string of the molecule is CNc1nnc(OCc2ccc(Cl)c3c2cnn3SF)s1.COc1ccccc1-c1cnccc1C=O. The second-order valence-corrected chi connectivity index (χ2v) is 9.08. The number of para-hydroxylation sites is 1. The minimum Gasteiger partial charge on any atom is -0.496 e. The highest BCUT2D eigenvalue weighted by Crippen LogP contribution is 2.32. The smallest absolute Gasteiger partial charge is 0.296 e. The summed E-state index contributed by atoms with van der Waals surface area (Å²) in [4.78, 5) is 15.0. The van der Waals surface area contributed by atoms with Crippen molar-refractivity contribution >= 4 is 57.6 Å². The number of anilines is 1. The molecule has 5 rings (SSSR count). The summed E-state index contributed by atoms with van der Waals surface area (Å²) in [5, 5.41) is 16.9. The zero-order valence-electron chi connectivity index (χ0n) is 19.6. The van der Waals surface area contributed by atoms with Crippen LogP contribution in [0.15, 0.2) is 61.1 Å². The number of pyridine rings is 1. The highest BCUT2D eigenvalue weighted by molar-refractivity contribution is 7.92. The number of hydrogen-bond acceptors (Lipinski definition) is 10. The number of carbonyl (C=O) groups is 1. The van der Waals surface area contributed by atoms with Gasteiger partial charge in [0.05, 0.1) is 18.3 Å². The molecule has 0 aliphatic heterocycles. The van der Waals surface area contributed by atoms with Crippen LogP contribution in [0, 0.1) is 0 Å². The van der Waals surface area contributed by atoms with E-state index in [4.69, 9.17) is 21.1 Å². The maximum Gasteiger partial charge on any atom is 0.296 e. The molecular weight excluding hydrogens is 539 g/mol. The van der Waals surface area contributed by atoms with Gasteiger partial charge in [-0.2, -0.15) is 9.19 Å². The molecule has 1 N–H and O–H groups in total. The van der Waals surface area contributed by atoms with Crippen LogP contribution >= 0.6 is 35.3 Å². The van der Waals surface area contributed by atoms with Crippen LogP contribution in [0.5, 0.6) is 10.9 Å². The fourth-order valence-electron chi connectivity index (χ4n) is 3.42. The highest BCUT2D eigenvalue weighted by Gasteiger charge is 2.13. The Morgan fingerprint density at radius 3 is 2.73 bits per heavy atom. The van der Waals surface area contributed by atoms with E-state index in [0.717, 1.165) is 38.2 Å². The summed E-state index contributed by atoms with van der Waals surface area (Å²) in [6.45, 7) is 0.272. The second-order valence-electron chi connectivity index (χ2n) is 7.25. The fourth-order valence-corrected chi connectivity index (χ4v) is 4.61. The summed E-state index contributed by atoms with van der Waals surface area (Å²) in [5.74, 6) is 0.735. The van der Waals surface area contributed by atoms with Gasteiger partial charge in [0.15, 0.2) is 18.6 Å². The maximum atomic E-state index is 12.8. The van der Waals surface area contributed by atoms with Crippen molar-refractivity contribution in [1.29, 1.82) is 0 Å². The van der Waals surface area contributed by atoms with E-state index in [1.165, 1.54) is 11.3 Å². The first kappa shape index (κ1) is 26.3. The van der Waals surface area contributed by atoms with Gasteiger partial charge in [-0.25, -0.2) is 0 Å². The number of aldehydes is 1. The number of fused-ring (bicyclic) bond motifs is 1. The molecule has 0 radical (unpaired) electrons. The van der Waals surface area contributed by atoms with Crippen molar-refractivity contribution in [3.05, 3.63) is 77.2 Å². The molecule has 0 amide bonds. The van der Waals surface area contributed by atoms with E-state index in [9.17, 15) is 8.68 Å². The molecule has 0 saturated carbocycles. The van der Waals surface area contributed by atoms with E-state index in [2.05, 4.69) is 25.6 Å². The Morgan fingerprint density at radius 2 is 2.00 bits per heavy atom. The first-order valence-electron chi connectivity index (χ1n) is 10.7. The molecule has 3 heterocycles. The van der Waals surface area contributed by atoms with Crippen molar-refractivity contribution in [1.82, 2.24) is 24.4 Å². The molecule has 3 aromatic heterocycles. The first-order chi connectivity index (χ1) is 18.1. The van der Waals surface area contributed by atoms with E-state index in [0.29, 0.717) is 26.4 Å². The number of hydrogen-bond donors (Lipinski definition) is 1. The predicted octanol–water partition coefficient (Wildman–Crippen LogP) is 6.11. The van der Waals surface area contributed by atoms with Crippen LogP contribution in [0.2, 0.25) is 5.02 Å². The number of halogens is 2. The van der Waals surface area contributed by atoms with Gasteiger partial charge in [-0.1, -0.05) is 41.0 Å². The summed E-state index contributed by atoms with van der Waals surface area (Å²) in [6.07, 6.45) is 5.65. The van der Waals surface area contributed by atoms with Gasteiger partial charge in [0.2, 0.25) is 5.13 Å². The fraction of sp³-hybridized carbons (Fsp3) is 0.125. The number of carbonyl (C=O) groups excluding carboxylic acids is 1. The summed E-state index contributed by atoms with van der Waals surface area (Å²) in [7, 11) is 3.37. The Balaban J connectivity index is 0.000000180. The summed E-state index contributed by atoms with van der Waals surface area (Å²) in [6, 6.07) is 12.8. The monoisotopic (exact) mass is 558 g/mol. The van der Waals surface area contributed by atoms with Crippen molar-refractivity contribution in [3.8, 4) is 22.1 Å². The topological polar surface area (TPSA) is 104 Å². The van der Waals surface area contributed by atoms with E-state index < -0.39 is 0 Å². The molecule has 0 spiro atoms. The summed E-state index contributed by atoms with van der Waals surface area (Å²) in [5.41, 5.74) is 3.64. The Morgan fingerprint density at radius 1 is 1.16 bits per heavy atom. The number of aromatic nitrogens is 5. The number of methoxy groups -OCH3 is 1. The molecule has 0 saturated heterocycles. The Hall–Kier alpha value is -3.74. The van der Waals surface area contributed by atoms with E-state index in [1.54, 1.807) is 44.9 Å². The molecule has 0 aliphatic rings. The second kappa shape index (κ2) is 12.5. The van der Waals surface area contributed by atoms with Crippen LogP contribution in [0.4, 0.5) is 9.02 Å². The van der Waals surface area contributed by atoms with Crippen molar-refractivity contribution in [2.45, 2.75) is 6.61 Å². The van der Waals surface area contributed by atoms with Crippen molar-refractivity contribution in [2.24, 2.45) is 0 Å². The molecule has 9 nitrogen and oxygen atoms in total. The normalized spacial score (nSPS) is 10.5. The van der Waals surface area contributed by atoms with E-state index >= 15 is 0 Å². The molecule has 190 valence electrons. The largest absolute Gasteiger partial charge is 0.496 e. The zero-order chi connectivity index (χ0) is 26.2. The third-order valence-electron chi connectivity index (χ3n) is 5.16. The van der Waals surface area contributed by atoms with Crippen LogP contribution < -0.4 is 14.8 Å². The molecule has 0 bridgehead atoms. The van der Waals surface area contributed by atoms with Gasteiger partial charge in [0, 0.05) is 47.1 Å². The van der Waals surface area contributed by atoms with Crippen LogP contribution in [-0.2, 0) is 6.61 Å². The molecule has 13 heteroatoms. The lowest BCUT2D eigenvalue weighted by atomic mass is 10.0. The van der Waals surface area contributed by atoms with E-state index in [1.807, 2.05) is 30.3 Å². The van der Waals surface area contributed by atoms with E-state index in [-0.39, 0.29) is 18.9 Å². The van der Waals surface area contributed by atoms with Crippen molar-refractivity contribution in [2.75, 3.05) is 19.5 Å². The number of ether oxygens (including phenoxy) is 2. The lowest BCUT2D eigenvalue weighted by Gasteiger charge is -2.09. The minimum atomic E-state index is 0.000344. The van der Waals surface area contributed by atoms with Crippen LogP contribution in [0.25, 0.3) is 22.0 Å². The molecule has 5 aromatic rings. The zero-order valence-corrected chi connectivity index (χ0v) is 22.0. The predicted molar refractivity (Wildman–Crippen MR) is 144 cm³/mol. The molecule has 0 fully saturated rings.